The topological polar surface area (TPSA) is 131 Å². The molecule has 0 aliphatic carbocycles. The van der Waals surface area contributed by atoms with Crippen molar-refractivity contribution >= 4 is 25.6 Å². The molecule has 3 N–H and O–H groups in total. The maximum atomic E-state index is 12.4. The lowest BCUT2D eigenvalue weighted by atomic mass is 10.0. The molecule has 0 aromatic heterocycles. The van der Waals surface area contributed by atoms with E-state index in [1.807, 2.05) is 0 Å². The molecule has 9 nitrogen and oxygen atoms in total. The summed E-state index contributed by atoms with van der Waals surface area (Å²) in [5.74, 6) is -1.86. The molecule has 3 unspecified atom stereocenters. The predicted molar refractivity (Wildman–Crippen MR) is 95.3 cm³/mol. The van der Waals surface area contributed by atoms with Gasteiger partial charge in [0.1, 0.15) is 12.4 Å². The van der Waals surface area contributed by atoms with E-state index in [2.05, 4.69) is 5.32 Å². The lowest BCUT2D eigenvalue weighted by Crippen LogP contribution is -2.42. The van der Waals surface area contributed by atoms with Crippen LogP contribution in [0.5, 0.6) is 5.75 Å². The van der Waals surface area contributed by atoms with Gasteiger partial charge in [0.2, 0.25) is 20.0 Å². The summed E-state index contributed by atoms with van der Waals surface area (Å²) < 4.78 is 15.9. The predicted octanol–water partition coefficient (Wildman–Crippen LogP) is 0.0354. The van der Waals surface area contributed by atoms with Gasteiger partial charge in [-0.15, -0.1) is 0 Å². The molecule has 1 aliphatic heterocycles. The van der Waals surface area contributed by atoms with Crippen LogP contribution in [0, 0.1) is 0 Å². The molecule has 1 aliphatic rings. The van der Waals surface area contributed by atoms with Crippen molar-refractivity contribution in [2.75, 3.05) is 6.54 Å². The van der Waals surface area contributed by atoms with Gasteiger partial charge >= 0.3 is 5.97 Å². The SMILES string of the molecule is BC(=O)OCc1ccc(OC2CC(O)CC(C(=O)O)O2)c(C(=O)NCC)c1. The Morgan fingerprint density at radius 3 is 2.70 bits per heavy atom. The zero-order chi connectivity index (χ0) is 20.0. The highest BCUT2D eigenvalue weighted by Crippen LogP contribution is 2.27. The van der Waals surface area contributed by atoms with Crippen LogP contribution >= 0.6 is 0 Å². The van der Waals surface area contributed by atoms with E-state index in [0.29, 0.717) is 12.1 Å². The summed E-state index contributed by atoms with van der Waals surface area (Å²) in [7, 11) is 1.28. The summed E-state index contributed by atoms with van der Waals surface area (Å²) >= 11 is 0. The second-order valence-electron chi connectivity index (χ2n) is 6.11. The van der Waals surface area contributed by atoms with Gasteiger partial charge in [-0.25, -0.2) is 4.79 Å². The lowest BCUT2D eigenvalue weighted by Gasteiger charge is -2.31. The van der Waals surface area contributed by atoms with Crippen LogP contribution in [0.2, 0.25) is 0 Å². The molecule has 1 amide bonds. The largest absolute Gasteiger partial charge is 0.479 e. The molecule has 2 rings (SSSR count). The lowest BCUT2D eigenvalue weighted by molar-refractivity contribution is -0.195. The van der Waals surface area contributed by atoms with Crippen molar-refractivity contribution < 1.29 is 38.8 Å². The quantitative estimate of drug-likeness (QED) is 0.566. The third-order valence-electron chi connectivity index (χ3n) is 3.87. The molecule has 1 saturated heterocycles. The second-order valence-corrected chi connectivity index (χ2v) is 6.11. The molecule has 1 heterocycles. The molecule has 3 atom stereocenters. The van der Waals surface area contributed by atoms with Crippen LogP contribution in [0.15, 0.2) is 18.2 Å². The number of carbonyl (C=O) groups is 3. The van der Waals surface area contributed by atoms with E-state index in [9.17, 15) is 19.5 Å². The molecular formula is C17H22BNO8. The number of carbonyl (C=O) groups excluding carboxylic acids is 2. The Labute approximate surface area is 157 Å². The first-order valence-corrected chi connectivity index (χ1v) is 8.57. The number of hydrogen-bond acceptors (Lipinski definition) is 7. The number of amides is 1. The Hall–Kier alpha value is -2.59. The molecular weight excluding hydrogens is 357 g/mol. The first-order valence-electron chi connectivity index (χ1n) is 8.57. The number of aliphatic carboxylic acids is 1. The van der Waals surface area contributed by atoms with E-state index < -0.39 is 36.2 Å². The maximum absolute atomic E-state index is 12.4. The number of nitrogens with one attached hydrogen (secondary N) is 1. The first kappa shape index (κ1) is 20.7. The Morgan fingerprint density at radius 2 is 2.07 bits per heavy atom. The van der Waals surface area contributed by atoms with Crippen molar-refractivity contribution in [1.82, 2.24) is 5.32 Å². The van der Waals surface area contributed by atoms with E-state index in [-0.39, 0.29) is 30.8 Å². The van der Waals surface area contributed by atoms with E-state index in [1.165, 1.54) is 20.0 Å². The number of hydrogen-bond donors (Lipinski definition) is 3. The molecule has 10 heteroatoms. The van der Waals surface area contributed by atoms with Gasteiger partial charge in [-0.1, -0.05) is 6.07 Å². The smallest absolute Gasteiger partial charge is 0.333 e. The highest BCUT2D eigenvalue weighted by Gasteiger charge is 2.34. The van der Waals surface area contributed by atoms with Crippen LogP contribution in [0.4, 0.5) is 4.79 Å². The summed E-state index contributed by atoms with van der Waals surface area (Å²) in [6, 6.07) is 4.66. The Morgan fingerprint density at radius 1 is 1.33 bits per heavy atom. The van der Waals surface area contributed by atoms with E-state index in [0.717, 1.165) is 0 Å². The van der Waals surface area contributed by atoms with Crippen molar-refractivity contribution in [3.05, 3.63) is 29.3 Å². The van der Waals surface area contributed by atoms with Crippen LogP contribution in [0.1, 0.15) is 35.7 Å². The van der Waals surface area contributed by atoms with Gasteiger partial charge in [-0.05, 0) is 24.6 Å². The summed E-state index contributed by atoms with van der Waals surface area (Å²) in [5.41, 5.74) is 0.781. The van der Waals surface area contributed by atoms with Crippen molar-refractivity contribution in [1.29, 1.82) is 0 Å². The van der Waals surface area contributed by atoms with Gasteiger partial charge in [0.25, 0.3) is 5.91 Å². The number of rotatable bonds is 7. The summed E-state index contributed by atoms with van der Waals surface area (Å²) in [6.45, 7) is 2.16. The standard InChI is InChI=1S/C17H22BNO8/c1-2-19-15(21)11-5-9(8-25-17(18)24)3-4-12(11)26-14-7-10(20)6-13(27-14)16(22)23/h3-5,10,13-14,20H,2,6-8,18H2,1H3,(H,19,21)(H,22,23). The molecule has 0 saturated carbocycles. The minimum absolute atomic E-state index is 0.00174. The van der Waals surface area contributed by atoms with Crippen LogP contribution in [-0.2, 0) is 20.9 Å². The van der Waals surface area contributed by atoms with Gasteiger partial charge in [-0.3, -0.25) is 9.59 Å². The molecule has 1 aromatic rings. The second kappa shape index (κ2) is 9.38. The number of benzene rings is 1. The zero-order valence-corrected chi connectivity index (χ0v) is 15.1. The Kier molecular flexibility index (Phi) is 7.20. The minimum atomic E-state index is -1.19. The normalized spacial score (nSPS) is 21.9. The van der Waals surface area contributed by atoms with Crippen LogP contribution in [-0.4, -0.2) is 60.8 Å². The van der Waals surface area contributed by atoms with Gasteiger partial charge < -0.3 is 29.7 Å². The highest BCUT2D eigenvalue weighted by atomic mass is 16.7. The van der Waals surface area contributed by atoms with Crippen molar-refractivity contribution in [3.8, 4) is 5.75 Å². The van der Waals surface area contributed by atoms with E-state index in [4.69, 9.17) is 19.3 Å². The molecule has 1 aromatic carbocycles. The molecule has 27 heavy (non-hydrogen) atoms. The van der Waals surface area contributed by atoms with E-state index in [1.54, 1.807) is 13.0 Å². The summed E-state index contributed by atoms with van der Waals surface area (Å²) in [4.78, 5) is 34.5. The number of aliphatic hydroxyl groups is 1. The van der Waals surface area contributed by atoms with Crippen molar-refractivity contribution in [3.63, 3.8) is 0 Å². The zero-order valence-electron chi connectivity index (χ0n) is 15.1. The minimum Gasteiger partial charge on any atom is -0.479 e. The number of carboxylic acid groups (broad SMARTS) is 1. The third kappa shape index (κ3) is 5.97. The number of ether oxygens (including phenoxy) is 3. The molecule has 0 spiro atoms. The molecule has 1 fully saturated rings. The van der Waals surface area contributed by atoms with Crippen LogP contribution in [0.3, 0.4) is 0 Å². The Bertz CT molecular complexity index is 710. The fourth-order valence-electron chi connectivity index (χ4n) is 2.62. The number of aliphatic hydroxyl groups excluding tert-OH is 1. The maximum Gasteiger partial charge on any atom is 0.333 e. The molecule has 0 radical (unpaired) electrons. The fourth-order valence-corrected chi connectivity index (χ4v) is 2.62. The average Bonchev–Trinajstić information content (AvgIpc) is 2.60. The van der Waals surface area contributed by atoms with Gasteiger partial charge in [0.15, 0.2) is 6.10 Å². The van der Waals surface area contributed by atoms with Gasteiger partial charge in [-0.2, -0.15) is 0 Å². The highest BCUT2D eigenvalue weighted by molar-refractivity contribution is 6.55. The average molecular weight is 379 g/mol. The Balaban J connectivity index is 2.21. The van der Waals surface area contributed by atoms with Crippen molar-refractivity contribution in [2.24, 2.45) is 0 Å². The van der Waals surface area contributed by atoms with Gasteiger partial charge in [0.05, 0.1) is 11.7 Å². The monoisotopic (exact) mass is 379 g/mol. The number of carboxylic acids is 1. The summed E-state index contributed by atoms with van der Waals surface area (Å²) in [6.07, 6.45) is -3.04. The first-order chi connectivity index (χ1) is 12.8. The molecule has 146 valence electrons. The van der Waals surface area contributed by atoms with E-state index >= 15 is 0 Å². The molecule has 0 bridgehead atoms. The van der Waals surface area contributed by atoms with Crippen LogP contribution in [0.25, 0.3) is 0 Å². The summed E-state index contributed by atoms with van der Waals surface area (Å²) in [5, 5.41) is 21.6. The third-order valence-corrected chi connectivity index (χ3v) is 3.87. The van der Waals surface area contributed by atoms with Crippen molar-refractivity contribution in [2.45, 2.75) is 44.9 Å². The van der Waals surface area contributed by atoms with Gasteiger partial charge in [0, 0.05) is 19.4 Å². The fraction of sp³-hybridized carbons (Fsp3) is 0.471. The van der Waals surface area contributed by atoms with Crippen LogP contribution < -0.4 is 10.1 Å².